The molecule has 0 aliphatic rings. The van der Waals surface area contributed by atoms with Crippen molar-refractivity contribution in [2.45, 2.75) is 13.5 Å². The van der Waals surface area contributed by atoms with Gasteiger partial charge in [-0.25, -0.2) is 0 Å². The second kappa shape index (κ2) is 8.00. The van der Waals surface area contributed by atoms with Crippen LogP contribution in [0.5, 0.6) is 5.75 Å². The van der Waals surface area contributed by atoms with E-state index in [1.165, 1.54) is 10.6 Å². The molecular formula is C21H18ClN5O3. The Bertz CT molecular complexity index is 1290. The lowest BCUT2D eigenvalue weighted by molar-refractivity contribution is -0.116. The highest BCUT2D eigenvalue weighted by molar-refractivity contribution is 6.33. The number of amides is 1. The molecule has 0 bridgehead atoms. The molecule has 0 spiro atoms. The van der Waals surface area contributed by atoms with E-state index in [1.54, 1.807) is 61.1 Å². The molecule has 152 valence electrons. The number of rotatable bonds is 5. The minimum atomic E-state index is -0.333. The molecule has 0 fully saturated rings. The first kappa shape index (κ1) is 19.7. The summed E-state index contributed by atoms with van der Waals surface area (Å²) in [5, 5.41) is 7.59. The van der Waals surface area contributed by atoms with Crippen LogP contribution in [0.3, 0.4) is 0 Å². The number of fused-ring (bicyclic) bond motifs is 1. The van der Waals surface area contributed by atoms with E-state index in [-0.39, 0.29) is 23.8 Å². The summed E-state index contributed by atoms with van der Waals surface area (Å²) in [7, 11) is 1.58. The van der Waals surface area contributed by atoms with Gasteiger partial charge in [-0.05, 0) is 43.3 Å². The van der Waals surface area contributed by atoms with E-state index in [9.17, 15) is 9.59 Å². The van der Waals surface area contributed by atoms with Gasteiger partial charge in [-0.1, -0.05) is 23.7 Å². The summed E-state index contributed by atoms with van der Waals surface area (Å²) >= 11 is 6.25. The van der Waals surface area contributed by atoms with Gasteiger partial charge in [0.05, 0.1) is 12.1 Å². The van der Waals surface area contributed by atoms with E-state index >= 15 is 0 Å². The lowest BCUT2D eigenvalue weighted by atomic mass is 10.2. The summed E-state index contributed by atoms with van der Waals surface area (Å²) in [5.74, 6) is 1.00. The summed E-state index contributed by atoms with van der Waals surface area (Å²) in [5.41, 5.74) is 1.50. The number of benzene rings is 2. The van der Waals surface area contributed by atoms with Crippen molar-refractivity contribution in [1.29, 1.82) is 0 Å². The molecule has 0 aliphatic heterocycles. The normalized spacial score (nSPS) is 10.9. The zero-order valence-corrected chi connectivity index (χ0v) is 17.1. The maximum absolute atomic E-state index is 12.6. The highest BCUT2D eigenvalue weighted by Gasteiger charge is 2.17. The third kappa shape index (κ3) is 3.77. The minimum Gasteiger partial charge on any atom is -0.497 e. The van der Waals surface area contributed by atoms with Crippen molar-refractivity contribution in [3.05, 3.63) is 75.7 Å². The Morgan fingerprint density at radius 1 is 1.17 bits per heavy atom. The van der Waals surface area contributed by atoms with Crippen LogP contribution in [0.2, 0.25) is 5.02 Å². The Morgan fingerprint density at radius 3 is 2.60 bits per heavy atom. The fourth-order valence-corrected chi connectivity index (χ4v) is 3.29. The number of aryl methyl sites for hydroxylation is 1. The molecule has 0 unspecified atom stereocenters. The monoisotopic (exact) mass is 423 g/mol. The Balaban J connectivity index is 1.68. The molecule has 1 amide bonds. The predicted molar refractivity (Wildman–Crippen MR) is 114 cm³/mol. The van der Waals surface area contributed by atoms with E-state index in [1.807, 2.05) is 6.07 Å². The molecule has 0 radical (unpaired) electrons. The third-order valence-electron chi connectivity index (χ3n) is 4.59. The van der Waals surface area contributed by atoms with Gasteiger partial charge in [0.1, 0.15) is 12.3 Å². The van der Waals surface area contributed by atoms with Crippen LogP contribution >= 0.6 is 11.6 Å². The first-order chi connectivity index (χ1) is 14.5. The maximum atomic E-state index is 12.6. The van der Waals surface area contributed by atoms with Crippen LogP contribution in [-0.4, -0.2) is 32.2 Å². The van der Waals surface area contributed by atoms with Crippen LogP contribution in [0, 0.1) is 6.92 Å². The summed E-state index contributed by atoms with van der Waals surface area (Å²) in [6.45, 7) is 1.70. The highest BCUT2D eigenvalue weighted by atomic mass is 35.5. The first-order valence-electron chi connectivity index (χ1n) is 9.12. The molecule has 4 rings (SSSR count). The summed E-state index contributed by atoms with van der Waals surface area (Å²) in [6, 6.07) is 15.5. The largest absolute Gasteiger partial charge is 0.497 e. The van der Waals surface area contributed by atoms with Gasteiger partial charge in [-0.15, -0.1) is 5.10 Å². The summed E-state index contributed by atoms with van der Waals surface area (Å²) in [4.78, 5) is 29.5. The van der Waals surface area contributed by atoms with Crippen molar-refractivity contribution in [3.8, 4) is 17.1 Å². The highest BCUT2D eigenvalue weighted by Crippen LogP contribution is 2.25. The zero-order valence-electron chi connectivity index (χ0n) is 16.3. The number of ether oxygens (including phenoxy) is 1. The molecule has 0 saturated heterocycles. The molecule has 4 aromatic rings. The number of carbonyl (C=O) groups excluding carboxylic acids is 1. The van der Waals surface area contributed by atoms with Crippen molar-refractivity contribution >= 4 is 29.0 Å². The number of methoxy groups -OCH3 is 1. The number of nitrogens with one attached hydrogen (secondary N) is 1. The van der Waals surface area contributed by atoms with Crippen LogP contribution in [0.4, 0.5) is 5.69 Å². The quantitative estimate of drug-likeness (QED) is 0.532. The third-order valence-corrected chi connectivity index (χ3v) is 4.92. The maximum Gasteiger partial charge on any atom is 0.275 e. The molecule has 9 heteroatoms. The molecule has 2 aromatic carbocycles. The van der Waals surface area contributed by atoms with Crippen LogP contribution in [0.15, 0.2) is 59.4 Å². The lowest BCUT2D eigenvalue weighted by Gasteiger charge is -2.12. The standard InChI is InChI=1S/C21H18ClN5O3/c1-13-11-19(29)27-21(24-20(25-27)16-5-3-4-6-17(16)22)26(13)12-18(28)23-14-7-9-15(30-2)10-8-14/h3-11H,12H2,1-2H3,(H,23,28). The van der Waals surface area contributed by atoms with Gasteiger partial charge in [0, 0.05) is 23.0 Å². The molecule has 0 atom stereocenters. The van der Waals surface area contributed by atoms with Crippen molar-refractivity contribution in [3.63, 3.8) is 0 Å². The molecule has 8 nitrogen and oxygen atoms in total. The van der Waals surface area contributed by atoms with Crippen molar-refractivity contribution in [2.75, 3.05) is 12.4 Å². The van der Waals surface area contributed by atoms with E-state index in [2.05, 4.69) is 15.4 Å². The molecule has 2 heterocycles. The smallest absolute Gasteiger partial charge is 0.275 e. The van der Waals surface area contributed by atoms with E-state index in [0.29, 0.717) is 33.5 Å². The van der Waals surface area contributed by atoms with Gasteiger partial charge in [-0.2, -0.15) is 9.50 Å². The molecule has 1 N–H and O–H groups in total. The number of carbonyl (C=O) groups is 1. The van der Waals surface area contributed by atoms with Gasteiger partial charge < -0.3 is 14.6 Å². The van der Waals surface area contributed by atoms with Crippen molar-refractivity contribution < 1.29 is 9.53 Å². The number of aromatic nitrogens is 4. The Morgan fingerprint density at radius 2 is 1.90 bits per heavy atom. The van der Waals surface area contributed by atoms with Gasteiger partial charge in [0.15, 0.2) is 5.82 Å². The minimum absolute atomic E-state index is 0.0394. The van der Waals surface area contributed by atoms with E-state index in [0.717, 1.165) is 0 Å². The number of hydrogen-bond donors (Lipinski definition) is 1. The molecular weight excluding hydrogens is 406 g/mol. The average Bonchev–Trinajstić information content (AvgIpc) is 3.18. The van der Waals surface area contributed by atoms with Crippen LogP contribution in [-0.2, 0) is 11.3 Å². The predicted octanol–water partition coefficient (Wildman–Crippen LogP) is 3.17. The fraction of sp³-hybridized carbons (Fsp3) is 0.143. The van der Waals surface area contributed by atoms with E-state index < -0.39 is 0 Å². The second-order valence-electron chi connectivity index (χ2n) is 6.61. The van der Waals surface area contributed by atoms with Gasteiger partial charge in [0.25, 0.3) is 5.56 Å². The molecule has 0 saturated carbocycles. The summed E-state index contributed by atoms with van der Waals surface area (Å²) < 4.78 is 7.92. The lowest BCUT2D eigenvalue weighted by Crippen LogP contribution is -2.25. The number of nitrogens with zero attached hydrogens (tertiary/aromatic N) is 4. The number of halogens is 1. The fourth-order valence-electron chi connectivity index (χ4n) is 3.07. The Hall–Kier alpha value is -3.65. The van der Waals surface area contributed by atoms with Crippen molar-refractivity contribution in [1.82, 2.24) is 19.2 Å². The first-order valence-corrected chi connectivity index (χ1v) is 9.50. The van der Waals surface area contributed by atoms with Crippen LogP contribution < -0.4 is 15.6 Å². The topological polar surface area (TPSA) is 90.5 Å². The number of hydrogen-bond acceptors (Lipinski definition) is 5. The van der Waals surface area contributed by atoms with Gasteiger partial charge in [-0.3, -0.25) is 9.59 Å². The van der Waals surface area contributed by atoms with Crippen LogP contribution in [0.1, 0.15) is 5.69 Å². The SMILES string of the molecule is COc1ccc(NC(=O)Cn2c(C)cc(=O)n3nc(-c4ccccc4Cl)nc23)cc1. The summed E-state index contributed by atoms with van der Waals surface area (Å²) in [6.07, 6.45) is 0. The molecule has 0 aliphatic carbocycles. The van der Waals surface area contributed by atoms with Gasteiger partial charge in [0.2, 0.25) is 11.7 Å². The van der Waals surface area contributed by atoms with Crippen molar-refractivity contribution in [2.24, 2.45) is 0 Å². The van der Waals surface area contributed by atoms with Gasteiger partial charge >= 0.3 is 0 Å². The Labute approximate surface area is 176 Å². The van der Waals surface area contributed by atoms with Crippen LogP contribution in [0.25, 0.3) is 17.2 Å². The number of anilines is 1. The zero-order chi connectivity index (χ0) is 21.3. The molecule has 2 aromatic heterocycles. The molecule has 30 heavy (non-hydrogen) atoms. The Kier molecular flexibility index (Phi) is 5.24. The van der Waals surface area contributed by atoms with E-state index in [4.69, 9.17) is 16.3 Å². The average molecular weight is 424 g/mol. The second-order valence-corrected chi connectivity index (χ2v) is 7.02.